The summed E-state index contributed by atoms with van der Waals surface area (Å²) in [6, 6.07) is 12.1. The lowest BCUT2D eigenvalue weighted by molar-refractivity contribution is 0.415. The Kier molecular flexibility index (Phi) is 3.59. The maximum Gasteiger partial charge on any atom is 0.145 e. The van der Waals surface area contributed by atoms with Gasteiger partial charge >= 0.3 is 0 Å². The fourth-order valence-electron chi connectivity index (χ4n) is 2.25. The minimum atomic E-state index is 0.840. The molecule has 0 N–H and O–H groups in total. The normalized spacial score (nSPS) is 10.9. The highest BCUT2D eigenvalue weighted by Gasteiger charge is 2.12. The lowest BCUT2D eigenvalue weighted by atomic mass is 10.2. The molecule has 108 valence electrons. The van der Waals surface area contributed by atoms with Crippen molar-refractivity contribution in [3.05, 3.63) is 47.2 Å². The van der Waals surface area contributed by atoms with E-state index in [0.29, 0.717) is 0 Å². The highest BCUT2D eigenvalue weighted by molar-refractivity contribution is 9.10. The predicted molar refractivity (Wildman–Crippen MR) is 89.2 cm³/mol. The van der Waals surface area contributed by atoms with E-state index in [-0.39, 0.29) is 0 Å². The van der Waals surface area contributed by atoms with E-state index in [2.05, 4.69) is 48.5 Å². The average Bonchev–Trinajstić information content (AvgIpc) is 2.84. The molecule has 0 atom stereocenters. The van der Waals surface area contributed by atoms with Crippen molar-refractivity contribution in [3.8, 4) is 17.1 Å². The SMILES string of the molecule is COc1ccc(-c2nc(Br)c3ccc(N(C)C)cn23)cc1. The van der Waals surface area contributed by atoms with E-state index in [1.165, 1.54) is 0 Å². The third-order valence-electron chi connectivity index (χ3n) is 3.44. The fourth-order valence-corrected chi connectivity index (χ4v) is 2.74. The first-order chi connectivity index (χ1) is 10.1. The monoisotopic (exact) mass is 345 g/mol. The van der Waals surface area contributed by atoms with Crippen LogP contribution in [0.4, 0.5) is 5.69 Å². The highest BCUT2D eigenvalue weighted by atomic mass is 79.9. The Balaban J connectivity index is 2.18. The van der Waals surface area contributed by atoms with Gasteiger partial charge in [-0.15, -0.1) is 0 Å². The summed E-state index contributed by atoms with van der Waals surface area (Å²) in [4.78, 5) is 6.71. The van der Waals surface area contributed by atoms with Gasteiger partial charge in [-0.05, 0) is 52.3 Å². The van der Waals surface area contributed by atoms with E-state index < -0.39 is 0 Å². The number of benzene rings is 1. The van der Waals surface area contributed by atoms with E-state index in [9.17, 15) is 0 Å². The zero-order valence-corrected chi connectivity index (χ0v) is 13.8. The number of hydrogen-bond acceptors (Lipinski definition) is 3. The average molecular weight is 346 g/mol. The van der Waals surface area contributed by atoms with Crippen LogP contribution in [-0.2, 0) is 0 Å². The van der Waals surface area contributed by atoms with Crippen molar-refractivity contribution in [2.45, 2.75) is 0 Å². The third-order valence-corrected chi connectivity index (χ3v) is 4.02. The Hall–Kier alpha value is -2.01. The van der Waals surface area contributed by atoms with Gasteiger partial charge in [0.15, 0.2) is 0 Å². The number of methoxy groups -OCH3 is 1. The van der Waals surface area contributed by atoms with Gasteiger partial charge in [0.1, 0.15) is 16.2 Å². The summed E-state index contributed by atoms with van der Waals surface area (Å²) < 4.78 is 8.15. The topological polar surface area (TPSA) is 29.8 Å². The molecule has 3 aromatic rings. The molecule has 3 rings (SSSR count). The molecule has 5 heteroatoms. The zero-order chi connectivity index (χ0) is 15.0. The first kappa shape index (κ1) is 13.9. The Morgan fingerprint density at radius 3 is 2.43 bits per heavy atom. The van der Waals surface area contributed by atoms with Gasteiger partial charge in [-0.3, -0.25) is 4.40 Å². The third kappa shape index (κ3) is 2.49. The summed E-state index contributed by atoms with van der Waals surface area (Å²) in [5.74, 6) is 1.75. The van der Waals surface area contributed by atoms with Crippen molar-refractivity contribution in [1.29, 1.82) is 0 Å². The van der Waals surface area contributed by atoms with Crippen LogP contribution in [0.2, 0.25) is 0 Å². The number of hydrogen-bond donors (Lipinski definition) is 0. The van der Waals surface area contributed by atoms with Gasteiger partial charge in [-0.1, -0.05) is 0 Å². The van der Waals surface area contributed by atoms with Crippen LogP contribution in [0.15, 0.2) is 47.2 Å². The van der Waals surface area contributed by atoms with Crippen LogP contribution in [-0.4, -0.2) is 30.6 Å². The highest BCUT2D eigenvalue weighted by Crippen LogP contribution is 2.29. The molecule has 1 aromatic carbocycles. The standard InChI is InChI=1S/C16H16BrN3O/c1-19(2)12-6-9-14-15(17)18-16(20(14)10-12)11-4-7-13(21-3)8-5-11/h4-10H,1-3H3. The van der Waals surface area contributed by atoms with Gasteiger partial charge in [0, 0.05) is 25.9 Å². The number of anilines is 1. The van der Waals surface area contributed by atoms with E-state index >= 15 is 0 Å². The van der Waals surface area contributed by atoms with Crippen LogP contribution in [0.1, 0.15) is 0 Å². The number of pyridine rings is 1. The van der Waals surface area contributed by atoms with Gasteiger partial charge in [0.25, 0.3) is 0 Å². The molecule has 0 unspecified atom stereocenters. The number of rotatable bonds is 3. The number of halogens is 1. The number of fused-ring (bicyclic) bond motifs is 1. The Labute approximate surface area is 132 Å². The summed E-state index contributed by atoms with van der Waals surface area (Å²) >= 11 is 3.53. The van der Waals surface area contributed by atoms with E-state index in [0.717, 1.165) is 32.9 Å². The lowest BCUT2D eigenvalue weighted by Gasteiger charge is -2.13. The number of imidazole rings is 1. The summed E-state index contributed by atoms with van der Waals surface area (Å²) in [6.45, 7) is 0. The van der Waals surface area contributed by atoms with Crippen molar-refractivity contribution in [2.24, 2.45) is 0 Å². The van der Waals surface area contributed by atoms with Crippen molar-refractivity contribution < 1.29 is 4.74 Å². The second-order valence-corrected chi connectivity index (χ2v) is 5.74. The molecular weight excluding hydrogens is 330 g/mol. The van der Waals surface area contributed by atoms with Gasteiger partial charge in [0.05, 0.1) is 18.3 Å². The first-order valence-electron chi connectivity index (χ1n) is 6.59. The molecular formula is C16H16BrN3O. The molecule has 0 fully saturated rings. The Morgan fingerprint density at radius 1 is 1.10 bits per heavy atom. The van der Waals surface area contributed by atoms with Gasteiger partial charge in [0.2, 0.25) is 0 Å². The maximum atomic E-state index is 5.21. The quantitative estimate of drug-likeness (QED) is 0.722. The molecule has 21 heavy (non-hydrogen) atoms. The molecule has 0 aliphatic heterocycles. The molecule has 0 saturated carbocycles. The predicted octanol–water partition coefficient (Wildman–Crippen LogP) is 3.84. The lowest BCUT2D eigenvalue weighted by Crippen LogP contribution is -2.09. The number of ether oxygens (including phenoxy) is 1. The Bertz CT molecular complexity index is 778. The van der Waals surface area contributed by atoms with Crippen LogP contribution in [0.25, 0.3) is 16.9 Å². The molecule has 0 aliphatic carbocycles. The van der Waals surface area contributed by atoms with Crippen molar-refractivity contribution in [2.75, 3.05) is 26.1 Å². The molecule has 0 aliphatic rings. The zero-order valence-electron chi connectivity index (χ0n) is 12.2. The number of nitrogens with zero attached hydrogens (tertiary/aromatic N) is 3. The Morgan fingerprint density at radius 2 is 1.81 bits per heavy atom. The maximum absolute atomic E-state index is 5.21. The molecule has 2 heterocycles. The van der Waals surface area contributed by atoms with E-state index in [1.807, 2.05) is 38.4 Å². The molecule has 0 bridgehead atoms. The van der Waals surface area contributed by atoms with Crippen molar-refractivity contribution >= 4 is 27.1 Å². The van der Waals surface area contributed by atoms with Crippen LogP contribution in [0, 0.1) is 0 Å². The summed E-state index contributed by atoms with van der Waals surface area (Å²) in [5, 5.41) is 0. The molecule has 2 aromatic heterocycles. The molecule has 0 spiro atoms. The van der Waals surface area contributed by atoms with Crippen molar-refractivity contribution in [3.63, 3.8) is 0 Å². The van der Waals surface area contributed by atoms with Crippen LogP contribution in [0.5, 0.6) is 5.75 Å². The van der Waals surface area contributed by atoms with E-state index in [4.69, 9.17) is 4.74 Å². The smallest absolute Gasteiger partial charge is 0.145 e. The van der Waals surface area contributed by atoms with Crippen LogP contribution < -0.4 is 9.64 Å². The second-order valence-electron chi connectivity index (χ2n) is 4.99. The summed E-state index contributed by atoms with van der Waals surface area (Å²) in [5.41, 5.74) is 3.22. The molecule has 0 radical (unpaired) electrons. The van der Waals surface area contributed by atoms with Gasteiger partial charge in [-0.25, -0.2) is 4.98 Å². The number of aromatic nitrogens is 2. The van der Waals surface area contributed by atoms with E-state index in [1.54, 1.807) is 7.11 Å². The summed E-state index contributed by atoms with van der Waals surface area (Å²) in [7, 11) is 5.72. The molecule has 4 nitrogen and oxygen atoms in total. The van der Waals surface area contributed by atoms with Crippen molar-refractivity contribution in [1.82, 2.24) is 9.38 Å². The molecule has 0 saturated heterocycles. The minimum absolute atomic E-state index is 0.840. The van der Waals surface area contributed by atoms with Crippen LogP contribution in [0.3, 0.4) is 0 Å². The van der Waals surface area contributed by atoms with Crippen LogP contribution >= 0.6 is 15.9 Å². The first-order valence-corrected chi connectivity index (χ1v) is 7.39. The second kappa shape index (κ2) is 5.41. The van der Waals surface area contributed by atoms with Gasteiger partial charge in [-0.2, -0.15) is 0 Å². The minimum Gasteiger partial charge on any atom is -0.497 e. The molecule has 0 amide bonds. The largest absolute Gasteiger partial charge is 0.497 e. The van der Waals surface area contributed by atoms with Gasteiger partial charge < -0.3 is 9.64 Å². The summed E-state index contributed by atoms with van der Waals surface area (Å²) in [6.07, 6.45) is 2.09. The fraction of sp³-hybridized carbons (Fsp3) is 0.188.